The molecule has 3 rings (SSSR count). The van der Waals surface area contributed by atoms with Crippen LogP contribution in [0.1, 0.15) is 21.5 Å². The molecular weight excluding hydrogens is 264 g/mol. The lowest BCUT2D eigenvalue weighted by Crippen LogP contribution is -1.98. The van der Waals surface area contributed by atoms with Crippen molar-refractivity contribution < 1.29 is 4.79 Å². The molecule has 0 radical (unpaired) electrons. The van der Waals surface area contributed by atoms with E-state index in [2.05, 4.69) is 23.2 Å². The molecule has 3 aromatic rings. The predicted molar refractivity (Wildman–Crippen MR) is 80.6 cm³/mol. The first-order valence-electron chi connectivity index (χ1n) is 6.70. The molecule has 0 saturated heterocycles. The molecule has 0 aliphatic rings. The van der Waals surface area contributed by atoms with Crippen molar-refractivity contribution in [2.45, 2.75) is 13.8 Å². The van der Waals surface area contributed by atoms with Gasteiger partial charge in [0, 0.05) is 25.0 Å². The summed E-state index contributed by atoms with van der Waals surface area (Å²) in [5.41, 5.74) is 5.34. The highest BCUT2D eigenvalue weighted by molar-refractivity contribution is 5.85. The Balaban J connectivity index is 2.13. The smallest absolute Gasteiger partial charge is 0.153 e. The molecule has 0 atom stereocenters. The van der Waals surface area contributed by atoms with Crippen molar-refractivity contribution in [3.8, 4) is 16.9 Å². The van der Waals surface area contributed by atoms with Crippen LogP contribution in [0.4, 0.5) is 0 Å². The van der Waals surface area contributed by atoms with E-state index in [4.69, 9.17) is 0 Å². The van der Waals surface area contributed by atoms with E-state index in [1.807, 2.05) is 32.3 Å². The van der Waals surface area contributed by atoms with Gasteiger partial charge in [0.25, 0.3) is 0 Å². The minimum atomic E-state index is 0.558. The molecule has 106 valence electrons. The summed E-state index contributed by atoms with van der Waals surface area (Å²) in [5, 5.41) is 8.69. The quantitative estimate of drug-likeness (QED) is 0.693. The number of aromatic nitrogens is 4. The van der Waals surface area contributed by atoms with Gasteiger partial charge in [0.1, 0.15) is 5.69 Å². The first kappa shape index (κ1) is 13.3. The zero-order valence-electron chi connectivity index (χ0n) is 12.2. The maximum atomic E-state index is 11.3. The summed E-state index contributed by atoms with van der Waals surface area (Å²) in [6, 6.07) is 6.15. The molecule has 0 aliphatic carbocycles. The Kier molecular flexibility index (Phi) is 3.17. The summed E-state index contributed by atoms with van der Waals surface area (Å²) in [4.78, 5) is 11.3. The van der Waals surface area contributed by atoms with Crippen LogP contribution in [-0.2, 0) is 7.05 Å². The van der Waals surface area contributed by atoms with E-state index < -0.39 is 0 Å². The molecule has 0 bridgehead atoms. The summed E-state index contributed by atoms with van der Waals surface area (Å²) in [6.07, 6.45) is 6.14. The van der Waals surface area contributed by atoms with E-state index in [1.54, 1.807) is 21.8 Å². The standard InChI is InChI=1S/C16H16N4O/c1-11-4-5-15(12(2)6-11)20-9-14(10-21)16(18-20)13-7-17-19(3)8-13/h4-10H,1-3H3. The number of nitrogens with zero attached hydrogens (tertiary/aromatic N) is 4. The first-order valence-corrected chi connectivity index (χ1v) is 6.70. The van der Waals surface area contributed by atoms with Gasteiger partial charge in [-0.2, -0.15) is 10.2 Å². The highest BCUT2D eigenvalue weighted by atomic mass is 16.1. The third-order valence-corrected chi connectivity index (χ3v) is 3.45. The fraction of sp³-hybridized carbons (Fsp3) is 0.188. The Morgan fingerprint density at radius 3 is 2.62 bits per heavy atom. The van der Waals surface area contributed by atoms with Crippen molar-refractivity contribution in [2.75, 3.05) is 0 Å². The normalized spacial score (nSPS) is 10.8. The molecule has 2 heterocycles. The van der Waals surface area contributed by atoms with Crippen LogP contribution in [0, 0.1) is 13.8 Å². The van der Waals surface area contributed by atoms with Crippen molar-refractivity contribution in [3.05, 3.63) is 53.5 Å². The lowest BCUT2D eigenvalue weighted by atomic mass is 10.1. The summed E-state index contributed by atoms with van der Waals surface area (Å²) in [7, 11) is 1.84. The molecule has 5 nitrogen and oxygen atoms in total. The second-order valence-corrected chi connectivity index (χ2v) is 5.19. The lowest BCUT2D eigenvalue weighted by Gasteiger charge is -2.06. The largest absolute Gasteiger partial charge is 0.298 e. The molecule has 2 aromatic heterocycles. The highest BCUT2D eigenvalue weighted by Gasteiger charge is 2.14. The zero-order chi connectivity index (χ0) is 15.0. The molecule has 0 spiro atoms. The molecule has 0 aliphatic heterocycles. The van der Waals surface area contributed by atoms with Gasteiger partial charge in [0.2, 0.25) is 0 Å². The average molecular weight is 280 g/mol. The van der Waals surface area contributed by atoms with Crippen molar-refractivity contribution in [1.29, 1.82) is 0 Å². The molecule has 0 amide bonds. The van der Waals surface area contributed by atoms with Gasteiger partial charge in [0.05, 0.1) is 17.4 Å². The number of rotatable bonds is 3. The van der Waals surface area contributed by atoms with Gasteiger partial charge in [-0.1, -0.05) is 17.7 Å². The van der Waals surface area contributed by atoms with Crippen LogP contribution in [0.5, 0.6) is 0 Å². The molecule has 0 unspecified atom stereocenters. The minimum absolute atomic E-state index is 0.558. The summed E-state index contributed by atoms with van der Waals surface area (Å²) < 4.78 is 3.45. The summed E-state index contributed by atoms with van der Waals surface area (Å²) in [6.45, 7) is 4.09. The number of aldehydes is 1. The number of carbonyl (C=O) groups is 1. The van der Waals surface area contributed by atoms with Crippen LogP contribution < -0.4 is 0 Å². The van der Waals surface area contributed by atoms with Crippen LogP contribution in [0.15, 0.2) is 36.8 Å². The van der Waals surface area contributed by atoms with Gasteiger partial charge < -0.3 is 0 Å². The highest BCUT2D eigenvalue weighted by Crippen LogP contribution is 2.23. The second-order valence-electron chi connectivity index (χ2n) is 5.19. The van der Waals surface area contributed by atoms with Crippen LogP contribution in [-0.4, -0.2) is 25.8 Å². The summed E-state index contributed by atoms with van der Waals surface area (Å²) >= 11 is 0. The molecule has 21 heavy (non-hydrogen) atoms. The van der Waals surface area contributed by atoms with E-state index in [-0.39, 0.29) is 0 Å². The van der Waals surface area contributed by atoms with E-state index in [1.165, 1.54) is 5.56 Å². The third-order valence-electron chi connectivity index (χ3n) is 3.45. The molecule has 1 aromatic carbocycles. The maximum absolute atomic E-state index is 11.3. The van der Waals surface area contributed by atoms with Crippen LogP contribution >= 0.6 is 0 Å². The number of hydrogen-bond acceptors (Lipinski definition) is 3. The molecule has 0 saturated carbocycles. The van der Waals surface area contributed by atoms with Crippen molar-refractivity contribution in [3.63, 3.8) is 0 Å². The van der Waals surface area contributed by atoms with Gasteiger partial charge in [-0.3, -0.25) is 9.48 Å². The van der Waals surface area contributed by atoms with Gasteiger partial charge in [0.15, 0.2) is 6.29 Å². The van der Waals surface area contributed by atoms with Gasteiger partial charge in [-0.15, -0.1) is 0 Å². The Bertz CT molecular complexity index is 814. The van der Waals surface area contributed by atoms with E-state index >= 15 is 0 Å². The zero-order valence-corrected chi connectivity index (χ0v) is 12.2. The van der Waals surface area contributed by atoms with Gasteiger partial charge in [-0.05, 0) is 25.5 Å². The Labute approximate surface area is 122 Å². The molecule has 0 fully saturated rings. The number of aryl methyl sites for hydroxylation is 3. The van der Waals surface area contributed by atoms with Gasteiger partial charge in [-0.25, -0.2) is 4.68 Å². The SMILES string of the molecule is Cc1ccc(-n2cc(C=O)c(-c3cnn(C)c3)n2)c(C)c1. The third kappa shape index (κ3) is 2.38. The molecular formula is C16H16N4O. The number of benzene rings is 1. The van der Waals surface area contributed by atoms with E-state index in [9.17, 15) is 4.79 Å². The molecule has 5 heteroatoms. The minimum Gasteiger partial charge on any atom is -0.298 e. The van der Waals surface area contributed by atoms with Crippen molar-refractivity contribution in [1.82, 2.24) is 19.6 Å². The number of carbonyl (C=O) groups excluding carboxylic acids is 1. The van der Waals surface area contributed by atoms with Crippen molar-refractivity contribution in [2.24, 2.45) is 7.05 Å². The van der Waals surface area contributed by atoms with Crippen LogP contribution in [0.3, 0.4) is 0 Å². The van der Waals surface area contributed by atoms with Crippen LogP contribution in [0.25, 0.3) is 16.9 Å². The van der Waals surface area contributed by atoms with E-state index in [0.29, 0.717) is 11.3 Å². The Morgan fingerprint density at radius 2 is 2.00 bits per heavy atom. The second kappa shape index (κ2) is 5.01. The summed E-state index contributed by atoms with van der Waals surface area (Å²) in [5.74, 6) is 0. The Morgan fingerprint density at radius 1 is 1.19 bits per heavy atom. The Hall–Kier alpha value is -2.69. The van der Waals surface area contributed by atoms with E-state index in [0.717, 1.165) is 23.1 Å². The van der Waals surface area contributed by atoms with Crippen LogP contribution in [0.2, 0.25) is 0 Å². The average Bonchev–Trinajstić information content (AvgIpc) is 3.04. The van der Waals surface area contributed by atoms with Gasteiger partial charge >= 0.3 is 0 Å². The monoisotopic (exact) mass is 280 g/mol. The molecule has 0 N–H and O–H groups in total. The topological polar surface area (TPSA) is 52.7 Å². The predicted octanol–water partition coefficient (Wildman–Crippen LogP) is 2.70. The lowest BCUT2D eigenvalue weighted by molar-refractivity contribution is 0.112. The first-order chi connectivity index (χ1) is 10.1. The van der Waals surface area contributed by atoms with Crippen molar-refractivity contribution >= 4 is 6.29 Å². The fourth-order valence-electron chi connectivity index (χ4n) is 2.43. The maximum Gasteiger partial charge on any atom is 0.153 e. The number of hydrogen-bond donors (Lipinski definition) is 0. The fourth-order valence-corrected chi connectivity index (χ4v) is 2.43.